The average Bonchev–Trinajstić information content (AvgIpc) is 2.67. The van der Waals surface area contributed by atoms with Gasteiger partial charge in [0.1, 0.15) is 11.3 Å². The first-order valence-electron chi connectivity index (χ1n) is 8.95. The molecule has 7 nitrogen and oxygen atoms in total. The van der Waals surface area contributed by atoms with Crippen LogP contribution in [0.3, 0.4) is 0 Å². The quantitative estimate of drug-likeness (QED) is 0.547. The molecule has 3 rings (SSSR count). The minimum atomic E-state index is -3.84. The molecular formula is C20H22N2O5S2. The Morgan fingerprint density at radius 2 is 1.79 bits per heavy atom. The van der Waals surface area contributed by atoms with E-state index in [1.807, 2.05) is 30.3 Å². The van der Waals surface area contributed by atoms with Crippen molar-refractivity contribution in [1.29, 1.82) is 0 Å². The van der Waals surface area contributed by atoms with Gasteiger partial charge in [0.05, 0.1) is 16.4 Å². The third kappa shape index (κ3) is 5.11. The largest absolute Gasteiger partial charge is 0.491 e. The zero-order valence-electron chi connectivity index (χ0n) is 16.1. The predicted molar refractivity (Wildman–Crippen MR) is 111 cm³/mol. The average molecular weight is 435 g/mol. The molecule has 9 heteroatoms. The highest BCUT2D eigenvalue weighted by Gasteiger charge is 2.19. The van der Waals surface area contributed by atoms with Gasteiger partial charge in [-0.3, -0.25) is 4.98 Å². The van der Waals surface area contributed by atoms with Crippen LogP contribution < -0.4 is 9.46 Å². The molecule has 0 aliphatic heterocycles. The summed E-state index contributed by atoms with van der Waals surface area (Å²) in [5.74, 6) is 0.641. The number of ether oxygens (including phenoxy) is 1. The first-order chi connectivity index (χ1) is 13.7. The number of para-hydroxylation sites is 1. The highest BCUT2D eigenvalue weighted by molar-refractivity contribution is 7.91. The Morgan fingerprint density at radius 3 is 2.55 bits per heavy atom. The van der Waals surface area contributed by atoms with E-state index < -0.39 is 19.9 Å². The molecule has 0 fully saturated rings. The van der Waals surface area contributed by atoms with Gasteiger partial charge in [-0.25, -0.2) is 21.6 Å². The number of nitrogens with zero attached hydrogens (tertiary/aromatic N) is 1. The van der Waals surface area contributed by atoms with Crippen molar-refractivity contribution in [3.05, 3.63) is 60.3 Å². The third-order valence-corrected chi connectivity index (χ3v) is 7.06. The molecule has 29 heavy (non-hydrogen) atoms. The maximum Gasteiger partial charge on any atom is 0.240 e. The van der Waals surface area contributed by atoms with Crippen LogP contribution in [-0.2, 0) is 19.9 Å². The molecule has 0 bridgehead atoms. The number of sulfone groups is 1. The second-order valence-electron chi connectivity index (χ2n) is 6.63. The van der Waals surface area contributed by atoms with E-state index in [0.717, 1.165) is 17.2 Å². The number of rotatable bonds is 8. The lowest BCUT2D eigenvalue weighted by molar-refractivity contribution is 0.314. The van der Waals surface area contributed by atoms with E-state index in [-0.39, 0.29) is 16.3 Å². The topological polar surface area (TPSA) is 102 Å². The number of sulfonamides is 1. The Morgan fingerprint density at radius 1 is 1.03 bits per heavy atom. The summed E-state index contributed by atoms with van der Waals surface area (Å²) in [4.78, 5) is 4.24. The zero-order chi connectivity index (χ0) is 21.1. The summed E-state index contributed by atoms with van der Waals surface area (Å²) in [5.41, 5.74) is 1.23. The van der Waals surface area contributed by atoms with Crippen LogP contribution in [0.1, 0.15) is 12.0 Å². The summed E-state index contributed by atoms with van der Waals surface area (Å²) >= 11 is 0. The van der Waals surface area contributed by atoms with E-state index in [4.69, 9.17) is 4.74 Å². The van der Waals surface area contributed by atoms with E-state index in [9.17, 15) is 16.8 Å². The number of hydrogen-bond donors (Lipinski definition) is 1. The molecule has 0 unspecified atom stereocenters. The molecule has 0 aliphatic carbocycles. The molecule has 1 N–H and O–H groups in total. The summed E-state index contributed by atoms with van der Waals surface area (Å²) in [6.45, 7) is 2.08. The van der Waals surface area contributed by atoms with E-state index in [0.29, 0.717) is 24.3 Å². The fourth-order valence-electron chi connectivity index (χ4n) is 2.83. The molecule has 1 aromatic heterocycles. The van der Waals surface area contributed by atoms with Gasteiger partial charge in [0, 0.05) is 24.4 Å². The smallest absolute Gasteiger partial charge is 0.240 e. The van der Waals surface area contributed by atoms with Gasteiger partial charge in [-0.1, -0.05) is 24.3 Å². The standard InChI is InChI=1S/C20H22N2O5S2/c1-15-9-10-17(28(2,23)24)14-19(15)29(25,26)22-12-5-13-27-18-8-3-6-16-7-4-11-21-20(16)18/h3-4,6-11,14,22H,5,12-13H2,1-2H3. The number of fused-ring (bicyclic) bond motifs is 1. The van der Waals surface area contributed by atoms with Crippen molar-refractivity contribution in [2.75, 3.05) is 19.4 Å². The van der Waals surface area contributed by atoms with Crippen molar-refractivity contribution in [1.82, 2.24) is 9.71 Å². The van der Waals surface area contributed by atoms with Crippen molar-refractivity contribution in [2.24, 2.45) is 0 Å². The molecule has 0 saturated heterocycles. The lowest BCUT2D eigenvalue weighted by atomic mass is 10.2. The first-order valence-corrected chi connectivity index (χ1v) is 12.3. The number of aromatic nitrogens is 1. The first kappa shape index (κ1) is 21.2. The van der Waals surface area contributed by atoms with Gasteiger partial charge in [0.15, 0.2) is 9.84 Å². The van der Waals surface area contributed by atoms with Gasteiger partial charge in [0.25, 0.3) is 0 Å². The summed E-state index contributed by atoms with van der Waals surface area (Å²) in [7, 11) is -7.33. The van der Waals surface area contributed by atoms with Crippen LogP contribution in [-0.4, -0.2) is 41.2 Å². The maximum atomic E-state index is 12.6. The SMILES string of the molecule is Cc1ccc(S(C)(=O)=O)cc1S(=O)(=O)NCCCOc1cccc2cccnc12. The van der Waals surface area contributed by atoms with Crippen molar-refractivity contribution in [3.63, 3.8) is 0 Å². The van der Waals surface area contributed by atoms with Crippen molar-refractivity contribution < 1.29 is 21.6 Å². The number of pyridine rings is 1. The summed E-state index contributed by atoms with van der Waals surface area (Å²) < 4.78 is 56.8. The second-order valence-corrected chi connectivity index (χ2v) is 10.4. The number of nitrogens with one attached hydrogen (secondary N) is 1. The van der Waals surface area contributed by atoms with Gasteiger partial charge in [-0.05, 0) is 43.2 Å². The summed E-state index contributed by atoms with van der Waals surface area (Å²) in [6, 6.07) is 13.5. The van der Waals surface area contributed by atoms with Gasteiger partial charge < -0.3 is 4.74 Å². The molecule has 0 spiro atoms. The predicted octanol–water partition coefficient (Wildman–Crippen LogP) is 2.69. The van der Waals surface area contributed by atoms with Crippen LogP contribution in [0.25, 0.3) is 10.9 Å². The Balaban J connectivity index is 1.62. The van der Waals surface area contributed by atoms with Crippen molar-refractivity contribution >= 4 is 30.8 Å². The van der Waals surface area contributed by atoms with Gasteiger partial charge in [-0.15, -0.1) is 0 Å². The van der Waals surface area contributed by atoms with Crippen molar-refractivity contribution in [2.45, 2.75) is 23.1 Å². The van der Waals surface area contributed by atoms with Gasteiger partial charge >= 0.3 is 0 Å². The summed E-state index contributed by atoms with van der Waals surface area (Å²) in [6.07, 6.45) is 3.17. The minimum Gasteiger partial charge on any atom is -0.491 e. The molecule has 0 radical (unpaired) electrons. The minimum absolute atomic E-state index is 0.0322. The van der Waals surface area contributed by atoms with E-state index >= 15 is 0 Å². The lowest BCUT2D eigenvalue weighted by Gasteiger charge is -2.12. The number of aryl methyl sites for hydroxylation is 1. The molecule has 1 heterocycles. The highest BCUT2D eigenvalue weighted by atomic mass is 32.2. The van der Waals surface area contributed by atoms with Crippen LogP contribution >= 0.6 is 0 Å². The Bertz CT molecular complexity index is 1230. The molecule has 0 amide bonds. The second kappa shape index (κ2) is 8.48. The van der Waals surface area contributed by atoms with Crippen LogP contribution in [0.5, 0.6) is 5.75 Å². The summed E-state index contributed by atoms with van der Waals surface area (Å²) in [5, 5.41) is 0.965. The van der Waals surface area contributed by atoms with Gasteiger partial charge in [-0.2, -0.15) is 0 Å². The van der Waals surface area contributed by atoms with Crippen molar-refractivity contribution in [3.8, 4) is 5.75 Å². The van der Waals surface area contributed by atoms with Crippen LogP contribution in [0.2, 0.25) is 0 Å². The number of hydrogen-bond acceptors (Lipinski definition) is 6. The Labute approximate surface area is 170 Å². The van der Waals surface area contributed by atoms with Crippen LogP contribution in [0.4, 0.5) is 0 Å². The molecule has 0 aliphatic rings. The molecule has 0 saturated carbocycles. The van der Waals surface area contributed by atoms with E-state index in [1.54, 1.807) is 13.1 Å². The fourth-order valence-corrected chi connectivity index (χ4v) is 4.90. The fraction of sp³-hybridized carbons (Fsp3) is 0.250. The normalized spacial score (nSPS) is 12.2. The van der Waals surface area contributed by atoms with Crippen LogP contribution in [0.15, 0.2) is 64.5 Å². The zero-order valence-corrected chi connectivity index (χ0v) is 17.8. The van der Waals surface area contributed by atoms with Gasteiger partial charge in [0.2, 0.25) is 10.0 Å². The molecule has 2 aromatic carbocycles. The highest BCUT2D eigenvalue weighted by Crippen LogP contribution is 2.23. The van der Waals surface area contributed by atoms with Crippen LogP contribution in [0, 0.1) is 6.92 Å². The van der Waals surface area contributed by atoms with E-state index in [1.165, 1.54) is 18.2 Å². The Hall–Kier alpha value is -2.49. The van der Waals surface area contributed by atoms with E-state index in [2.05, 4.69) is 9.71 Å². The number of benzene rings is 2. The monoisotopic (exact) mass is 434 g/mol. The Kier molecular flexibility index (Phi) is 6.21. The molecule has 3 aromatic rings. The molecule has 154 valence electrons. The maximum absolute atomic E-state index is 12.6. The lowest BCUT2D eigenvalue weighted by Crippen LogP contribution is -2.26. The molecule has 0 atom stereocenters. The molecular weight excluding hydrogens is 412 g/mol. The third-order valence-electron chi connectivity index (χ3n) is 4.34.